The van der Waals surface area contributed by atoms with Crippen LogP contribution in [0.5, 0.6) is 0 Å². The number of terminal acetylenes is 1. The van der Waals surface area contributed by atoms with Crippen LogP contribution in [0.4, 0.5) is 0 Å². The fraction of sp³-hybridized carbons (Fsp3) is 0.300. The molecule has 0 spiro atoms. The van der Waals surface area contributed by atoms with Crippen molar-refractivity contribution >= 4 is 33.0 Å². The zero-order chi connectivity index (χ0) is 10.4. The predicted molar refractivity (Wildman–Crippen MR) is 62.4 cm³/mol. The number of carbonyl (C=O) groups is 1. The average Bonchev–Trinajstić information content (AvgIpc) is 2.52. The summed E-state index contributed by atoms with van der Waals surface area (Å²) < 4.78 is 1.03. The lowest BCUT2D eigenvalue weighted by atomic mass is 10.2. The van der Waals surface area contributed by atoms with Gasteiger partial charge in [-0.3, -0.25) is 10.1 Å². The molecule has 0 atom stereocenters. The number of thiophene rings is 1. The molecule has 0 aliphatic carbocycles. The zero-order valence-corrected chi connectivity index (χ0v) is 9.95. The van der Waals surface area contributed by atoms with Gasteiger partial charge in [0.2, 0.25) is 0 Å². The van der Waals surface area contributed by atoms with E-state index in [0.29, 0.717) is 19.5 Å². The largest absolute Gasteiger partial charge is 0.299 e. The van der Waals surface area contributed by atoms with Crippen LogP contribution in [0, 0.1) is 12.3 Å². The second-order valence-electron chi connectivity index (χ2n) is 2.75. The minimum absolute atomic E-state index is 0.162. The third kappa shape index (κ3) is 4.05. The second kappa shape index (κ2) is 5.97. The molecule has 1 heterocycles. The maximum absolute atomic E-state index is 11.4. The Balaban J connectivity index is 2.31. The summed E-state index contributed by atoms with van der Waals surface area (Å²) in [4.78, 5) is 12.4. The monoisotopic (exact) mass is 271 g/mol. The molecule has 0 unspecified atom stereocenters. The summed E-state index contributed by atoms with van der Waals surface area (Å²) >= 11 is 4.92. The number of rotatable bonds is 5. The van der Waals surface area contributed by atoms with E-state index in [9.17, 15) is 4.79 Å². The van der Waals surface area contributed by atoms with Crippen LogP contribution >= 0.6 is 27.3 Å². The van der Waals surface area contributed by atoms with Gasteiger partial charge in [0.1, 0.15) is 0 Å². The number of ketones is 1. The Morgan fingerprint density at radius 1 is 1.71 bits per heavy atom. The zero-order valence-electron chi connectivity index (χ0n) is 7.55. The average molecular weight is 272 g/mol. The van der Waals surface area contributed by atoms with Crippen LogP contribution < -0.4 is 5.32 Å². The van der Waals surface area contributed by atoms with E-state index in [1.807, 2.05) is 11.4 Å². The highest BCUT2D eigenvalue weighted by Crippen LogP contribution is 2.19. The summed E-state index contributed by atoms with van der Waals surface area (Å²) in [7, 11) is 0. The molecule has 0 aliphatic rings. The molecule has 14 heavy (non-hydrogen) atoms. The van der Waals surface area contributed by atoms with Gasteiger partial charge in [0.15, 0.2) is 5.78 Å². The summed E-state index contributed by atoms with van der Waals surface area (Å²) in [6.45, 7) is 0.791. The van der Waals surface area contributed by atoms with Crippen molar-refractivity contribution in [2.75, 3.05) is 13.1 Å². The van der Waals surface area contributed by atoms with E-state index in [2.05, 4.69) is 27.2 Å². The van der Waals surface area contributed by atoms with Gasteiger partial charge in [0.05, 0.1) is 13.1 Å². The Hall–Kier alpha value is -0.630. The molecule has 2 nitrogen and oxygen atoms in total. The first-order valence-corrected chi connectivity index (χ1v) is 5.78. The number of Topliss-reactive ketones (excluding diaryl/α,β-unsaturated/α-hetero) is 1. The molecular weight excluding hydrogens is 262 g/mol. The van der Waals surface area contributed by atoms with Gasteiger partial charge < -0.3 is 0 Å². The summed E-state index contributed by atoms with van der Waals surface area (Å²) in [6, 6.07) is 1.96. The molecule has 0 aromatic carbocycles. The first-order valence-electron chi connectivity index (χ1n) is 4.11. The quantitative estimate of drug-likeness (QED) is 0.654. The van der Waals surface area contributed by atoms with Gasteiger partial charge in [-0.2, -0.15) is 0 Å². The van der Waals surface area contributed by atoms with E-state index < -0.39 is 0 Å². The number of carbonyl (C=O) groups excluding carboxylic acids is 1. The van der Waals surface area contributed by atoms with E-state index in [4.69, 9.17) is 6.42 Å². The minimum Gasteiger partial charge on any atom is -0.299 e. The van der Waals surface area contributed by atoms with Crippen LogP contribution in [0.25, 0.3) is 0 Å². The van der Waals surface area contributed by atoms with Gasteiger partial charge in [-0.05, 0) is 22.0 Å². The molecule has 0 saturated heterocycles. The number of hydrogen-bond acceptors (Lipinski definition) is 3. The molecule has 0 saturated carbocycles. The fourth-order valence-electron chi connectivity index (χ4n) is 0.977. The van der Waals surface area contributed by atoms with E-state index in [1.54, 1.807) is 11.3 Å². The van der Waals surface area contributed by atoms with Gasteiger partial charge in [-0.25, -0.2) is 0 Å². The van der Waals surface area contributed by atoms with Crippen molar-refractivity contribution in [3.8, 4) is 12.3 Å². The van der Waals surface area contributed by atoms with Crippen molar-refractivity contribution in [2.45, 2.75) is 6.42 Å². The third-order valence-electron chi connectivity index (χ3n) is 1.54. The summed E-state index contributed by atoms with van der Waals surface area (Å²) in [5, 5.41) is 4.84. The standard InChI is InChI=1S/C10H10BrNOS/c1-2-3-12-6-9(13)5-10-4-8(11)7-14-10/h1,4,7,12H,3,5-6H2. The molecular formula is C10H10BrNOS. The Labute approximate surface area is 95.8 Å². The highest BCUT2D eigenvalue weighted by atomic mass is 79.9. The normalized spacial score (nSPS) is 9.71. The molecule has 0 aliphatic heterocycles. The van der Waals surface area contributed by atoms with Gasteiger partial charge >= 0.3 is 0 Å². The first kappa shape index (κ1) is 11.4. The summed E-state index contributed by atoms with van der Waals surface area (Å²) in [5.41, 5.74) is 0. The first-order chi connectivity index (χ1) is 6.72. The lowest BCUT2D eigenvalue weighted by Gasteiger charge is -1.98. The molecule has 0 bridgehead atoms. The van der Waals surface area contributed by atoms with Crippen LogP contribution in [0.1, 0.15) is 4.88 Å². The van der Waals surface area contributed by atoms with Gasteiger partial charge in [-0.15, -0.1) is 17.8 Å². The molecule has 1 rings (SSSR count). The second-order valence-corrected chi connectivity index (χ2v) is 4.67. The van der Waals surface area contributed by atoms with Crippen LogP contribution in [0.3, 0.4) is 0 Å². The SMILES string of the molecule is C#CCNCC(=O)Cc1cc(Br)cs1. The molecule has 4 heteroatoms. The Bertz CT molecular complexity index is 353. The summed E-state index contributed by atoms with van der Waals surface area (Å²) in [5.74, 6) is 2.58. The van der Waals surface area contributed by atoms with E-state index >= 15 is 0 Å². The van der Waals surface area contributed by atoms with Crippen LogP contribution in [-0.4, -0.2) is 18.9 Å². The van der Waals surface area contributed by atoms with E-state index in [1.165, 1.54) is 0 Å². The molecule has 0 radical (unpaired) electrons. The number of halogens is 1. The van der Waals surface area contributed by atoms with Crippen LogP contribution in [-0.2, 0) is 11.2 Å². The van der Waals surface area contributed by atoms with Gasteiger partial charge in [-0.1, -0.05) is 5.92 Å². The molecule has 1 aromatic rings. The highest BCUT2D eigenvalue weighted by Gasteiger charge is 2.04. The fourth-order valence-corrected chi connectivity index (χ4v) is 2.46. The lowest BCUT2D eigenvalue weighted by molar-refractivity contribution is -0.117. The van der Waals surface area contributed by atoms with Crippen LogP contribution in [0.15, 0.2) is 15.9 Å². The number of hydrogen-bond donors (Lipinski definition) is 1. The van der Waals surface area contributed by atoms with E-state index in [0.717, 1.165) is 9.35 Å². The third-order valence-corrected chi connectivity index (χ3v) is 3.24. The Kier molecular flexibility index (Phi) is 4.88. The van der Waals surface area contributed by atoms with Crippen molar-refractivity contribution in [1.82, 2.24) is 5.32 Å². The Morgan fingerprint density at radius 2 is 2.50 bits per heavy atom. The summed E-state index contributed by atoms with van der Waals surface area (Å²) in [6.07, 6.45) is 5.52. The van der Waals surface area contributed by atoms with Crippen LogP contribution in [0.2, 0.25) is 0 Å². The smallest absolute Gasteiger partial charge is 0.151 e. The molecule has 0 amide bonds. The lowest BCUT2D eigenvalue weighted by Crippen LogP contribution is -2.24. The van der Waals surface area contributed by atoms with Crippen molar-refractivity contribution in [3.63, 3.8) is 0 Å². The van der Waals surface area contributed by atoms with Gasteiger partial charge in [0.25, 0.3) is 0 Å². The maximum atomic E-state index is 11.4. The highest BCUT2D eigenvalue weighted by molar-refractivity contribution is 9.10. The number of nitrogens with one attached hydrogen (secondary N) is 1. The van der Waals surface area contributed by atoms with Crippen molar-refractivity contribution < 1.29 is 4.79 Å². The Morgan fingerprint density at radius 3 is 3.07 bits per heavy atom. The van der Waals surface area contributed by atoms with Gasteiger partial charge in [0, 0.05) is 21.2 Å². The van der Waals surface area contributed by atoms with Crippen molar-refractivity contribution in [2.24, 2.45) is 0 Å². The molecule has 1 aromatic heterocycles. The maximum Gasteiger partial charge on any atom is 0.151 e. The molecule has 74 valence electrons. The topological polar surface area (TPSA) is 29.1 Å². The molecule has 0 fully saturated rings. The molecule has 1 N–H and O–H groups in total. The minimum atomic E-state index is 0.162. The predicted octanol–water partition coefficient (Wildman–Crippen LogP) is 1.84. The van der Waals surface area contributed by atoms with Crippen molar-refractivity contribution in [3.05, 3.63) is 20.8 Å². The van der Waals surface area contributed by atoms with E-state index in [-0.39, 0.29) is 5.78 Å². The van der Waals surface area contributed by atoms with Crippen molar-refractivity contribution in [1.29, 1.82) is 0 Å².